The Morgan fingerprint density at radius 1 is 1.73 bits per heavy atom. The van der Waals surface area contributed by atoms with Crippen LogP contribution in [0.1, 0.15) is 6.92 Å². The van der Waals surface area contributed by atoms with E-state index in [1.165, 1.54) is 4.90 Å². The second-order valence-corrected chi connectivity index (χ2v) is 3.25. The van der Waals surface area contributed by atoms with Crippen molar-refractivity contribution in [1.82, 2.24) is 4.90 Å². The molecule has 1 saturated heterocycles. The highest BCUT2D eigenvalue weighted by Crippen LogP contribution is 2.13. The minimum atomic E-state index is -0.653. The van der Waals surface area contributed by atoms with Gasteiger partial charge >= 0.3 is 0 Å². The van der Waals surface area contributed by atoms with Crippen LogP contribution in [0.3, 0.4) is 0 Å². The fourth-order valence-corrected chi connectivity index (χ4v) is 1.53. The summed E-state index contributed by atoms with van der Waals surface area (Å²) in [6.07, 6.45) is -0.981. The lowest BCUT2D eigenvalue weighted by Gasteiger charge is -2.14. The molecule has 7 nitrogen and oxygen atoms in total. The van der Waals surface area contributed by atoms with Crippen molar-refractivity contribution >= 4 is 5.91 Å². The van der Waals surface area contributed by atoms with Crippen molar-refractivity contribution in [3.05, 3.63) is 10.4 Å². The summed E-state index contributed by atoms with van der Waals surface area (Å²) in [4.78, 5) is 15.3. The first-order chi connectivity index (χ1) is 7.19. The van der Waals surface area contributed by atoms with Crippen molar-refractivity contribution in [1.29, 1.82) is 0 Å². The topological polar surface area (TPSA) is 98.5 Å². The second-order valence-electron chi connectivity index (χ2n) is 3.25. The maximum absolute atomic E-state index is 11.4. The lowest BCUT2D eigenvalue weighted by atomic mass is 10.3. The summed E-state index contributed by atoms with van der Waals surface area (Å²) in [5, 5.41) is 12.7. The number of amides is 1. The number of β-amino-alcohol motifs (C(OH)–C–C–N with tert-alkyl or cyclic N) is 1. The number of rotatable bonds is 4. The molecule has 7 heteroatoms. The van der Waals surface area contributed by atoms with Crippen LogP contribution in [0.5, 0.6) is 0 Å². The van der Waals surface area contributed by atoms with Crippen molar-refractivity contribution in [2.75, 3.05) is 26.2 Å². The van der Waals surface area contributed by atoms with Crippen LogP contribution in [0.25, 0.3) is 10.4 Å². The van der Waals surface area contributed by atoms with Crippen LogP contribution in [-0.2, 0) is 9.53 Å². The van der Waals surface area contributed by atoms with Crippen LogP contribution in [0.15, 0.2) is 5.11 Å². The molecule has 0 aliphatic carbocycles. The molecule has 0 radical (unpaired) electrons. The van der Waals surface area contributed by atoms with Gasteiger partial charge in [-0.15, -0.1) is 0 Å². The van der Waals surface area contributed by atoms with Crippen molar-refractivity contribution in [3.63, 3.8) is 0 Å². The minimum absolute atomic E-state index is 0.206. The Morgan fingerprint density at radius 2 is 2.47 bits per heavy atom. The van der Waals surface area contributed by atoms with Crippen LogP contribution in [0, 0.1) is 0 Å². The molecule has 0 bridgehead atoms. The zero-order valence-electron chi connectivity index (χ0n) is 8.54. The summed E-state index contributed by atoms with van der Waals surface area (Å²) in [5.41, 5.74) is 8.06. The van der Waals surface area contributed by atoms with Gasteiger partial charge in [0.05, 0.1) is 6.10 Å². The molecule has 1 aliphatic heterocycles. The van der Waals surface area contributed by atoms with E-state index in [4.69, 9.17) is 10.3 Å². The maximum atomic E-state index is 11.4. The monoisotopic (exact) mass is 214 g/mol. The van der Waals surface area contributed by atoms with Crippen molar-refractivity contribution in [2.24, 2.45) is 5.11 Å². The molecule has 0 saturated carbocycles. The van der Waals surface area contributed by atoms with Crippen LogP contribution in [-0.4, -0.2) is 54.4 Å². The first kappa shape index (κ1) is 11.8. The van der Waals surface area contributed by atoms with Gasteiger partial charge in [-0.25, -0.2) is 0 Å². The Bertz CT molecular complexity index is 277. The third-order valence-electron chi connectivity index (χ3n) is 2.24. The van der Waals surface area contributed by atoms with Gasteiger partial charge in [0, 0.05) is 24.6 Å². The number of aliphatic hydroxyl groups excluding tert-OH is 1. The number of hydrogen-bond donors (Lipinski definition) is 1. The first-order valence-electron chi connectivity index (χ1n) is 4.77. The third kappa shape index (κ3) is 3.09. The number of ether oxygens (including phenoxy) is 1. The first-order valence-corrected chi connectivity index (χ1v) is 4.77. The largest absolute Gasteiger partial charge is 0.388 e. The normalized spacial score (nSPS) is 25.1. The summed E-state index contributed by atoms with van der Waals surface area (Å²) in [6.45, 7) is 2.72. The van der Waals surface area contributed by atoms with Crippen molar-refractivity contribution < 1.29 is 14.6 Å². The number of hydrogen-bond acceptors (Lipinski definition) is 4. The van der Waals surface area contributed by atoms with E-state index in [9.17, 15) is 9.90 Å². The van der Waals surface area contributed by atoms with Gasteiger partial charge in [0.2, 0.25) is 5.91 Å². The van der Waals surface area contributed by atoms with Crippen LogP contribution in [0.4, 0.5) is 0 Å². The smallest absolute Gasteiger partial charge is 0.228 e. The number of likely N-dealkylation sites (tertiary alicyclic amines) is 1. The molecule has 1 aliphatic rings. The molecule has 84 valence electrons. The zero-order chi connectivity index (χ0) is 11.3. The molecular weight excluding hydrogens is 200 g/mol. The number of carbonyl (C=O) groups excluding carboxylic acids is 1. The van der Waals surface area contributed by atoms with Crippen molar-refractivity contribution in [3.8, 4) is 0 Å². The molecule has 0 unspecified atom stereocenters. The summed E-state index contributed by atoms with van der Waals surface area (Å²) < 4.78 is 5.25. The van der Waals surface area contributed by atoms with Crippen LogP contribution in [0.2, 0.25) is 0 Å². The molecule has 0 aromatic heterocycles. The highest BCUT2D eigenvalue weighted by molar-refractivity contribution is 5.78. The summed E-state index contributed by atoms with van der Waals surface area (Å²) >= 11 is 0. The molecule has 1 N–H and O–H groups in total. The molecule has 0 aromatic carbocycles. The predicted octanol–water partition coefficient (Wildman–Crippen LogP) is -0.0951. The number of aliphatic hydroxyl groups is 1. The van der Waals surface area contributed by atoms with E-state index < -0.39 is 6.10 Å². The lowest BCUT2D eigenvalue weighted by molar-refractivity contribution is -0.129. The van der Waals surface area contributed by atoms with E-state index >= 15 is 0 Å². The Morgan fingerprint density at radius 3 is 3.07 bits per heavy atom. The Labute approximate surface area is 87.3 Å². The molecule has 0 aromatic rings. The average Bonchev–Trinajstić information content (AvgIpc) is 2.58. The van der Waals surface area contributed by atoms with Gasteiger partial charge in [-0.05, 0) is 12.5 Å². The molecule has 2 atom stereocenters. The van der Waals surface area contributed by atoms with Gasteiger partial charge < -0.3 is 14.7 Å². The Kier molecular flexibility index (Phi) is 4.36. The SMILES string of the molecule is CCO[C@@H]1CN(C(=O)CN=[N+]=[N-])C[C@@H]1O. The summed E-state index contributed by atoms with van der Waals surface area (Å²) in [5.74, 6) is -0.283. The molecule has 0 spiro atoms. The van der Waals surface area contributed by atoms with Gasteiger partial charge in [-0.1, -0.05) is 5.11 Å². The molecule has 1 fully saturated rings. The van der Waals surface area contributed by atoms with Gasteiger partial charge in [-0.3, -0.25) is 4.79 Å². The summed E-state index contributed by atoms with van der Waals surface area (Å²) in [7, 11) is 0. The molecule has 1 amide bonds. The van der Waals surface area contributed by atoms with Crippen molar-refractivity contribution in [2.45, 2.75) is 19.1 Å². The second kappa shape index (κ2) is 5.55. The Hall–Kier alpha value is -1.30. The van der Waals surface area contributed by atoms with E-state index in [-0.39, 0.29) is 25.1 Å². The quantitative estimate of drug-likeness (QED) is 0.402. The van der Waals surface area contributed by atoms with Crippen LogP contribution < -0.4 is 0 Å². The predicted molar refractivity (Wildman–Crippen MR) is 52.0 cm³/mol. The fraction of sp³-hybridized carbons (Fsp3) is 0.875. The van der Waals surface area contributed by atoms with E-state index in [0.717, 1.165) is 0 Å². The number of nitrogens with zero attached hydrogens (tertiary/aromatic N) is 4. The van der Waals surface area contributed by atoms with Gasteiger partial charge in [0.1, 0.15) is 12.6 Å². The number of azide groups is 1. The van der Waals surface area contributed by atoms with Gasteiger partial charge in [-0.2, -0.15) is 0 Å². The number of carbonyl (C=O) groups is 1. The van der Waals surface area contributed by atoms with E-state index in [1.807, 2.05) is 6.92 Å². The highest BCUT2D eigenvalue weighted by atomic mass is 16.5. The maximum Gasteiger partial charge on any atom is 0.228 e. The zero-order valence-corrected chi connectivity index (χ0v) is 8.54. The molecular formula is C8H14N4O3. The average molecular weight is 214 g/mol. The summed E-state index contributed by atoms with van der Waals surface area (Å²) in [6, 6.07) is 0. The molecule has 1 rings (SSSR count). The van der Waals surface area contributed by atoms with Gasteiger partial charge in [0.15, 0.2) is 0 Å². The molecule has 15 heavy (non-hydrogen) atoms. The lowest BCUT2D eigenvalue weighted by Crippen LogP contribution is -2.31. The Balaban J connectivity index is 2.46. The molecule has 1 heterocycles. The van der Waals surface area contributed by atoms with Gasteiger partial charge in [0.25, 0.3) is 0 Å². The van der Waals surface area contributed by atoms with Crippen LogP contribution >= 0.6 is 0 Å². The minimum Gasteiger partial charge on any atom is -0.388 e. The fourth-order valence-electron chi connectivity index (χ4n) is 1.53. The van der Waals surface area contributed by atoms with E-state index in [1.54, 1.807) is 0 Å². The third-order valence-corrected chi connectivity index (χ3v) is 2.24. The van der Waals surface area contributed by atoms with E-state index in [2.05, 4.69) is 10.0 Å². The van der Waals surface area contributed by atoms with E-state index in [0.29, 0.717) is 13.2 Å². The highest BCUT2D eigenvalue weighted by Gasteiger charge is 2.33. The standard InChI is InChI=1S/C8H14N4O3/c1-2-15-7-5-12(4-6(7)13)8(14)3-10-11-9/h6-7,13H,2-5H2,1H3/t6-,7+/m0/s1.